The van der Waals surface area contributed by atoms with E-state index in [2.05, 4.69) is 40.2 Å². The van der Waals surface area contributed by atoms with Crippen molar-refractivity contribution in [3.05, 3.63) is 106 Å². The third kappa shape index (κ3) is 1.98. The second kappa shape index (κ2) is 5.74. The number of hydrogen-bond acceptors (Lipinski definition) is 2. The SMILES string of the molecule is Cc1ccc(C2(c3ccc(C)cc3)[C@H]3C(=O)c4ccccc4C(=O)[C@]32Br)cc1. The minimum atomic E-state index is -0.948. The minimum absolute atomic E-state index is 0.00569. The highest BCUT2D eigenvalue weighted by atomic mass is 79.9. The number of alkyl halides is 1. The molecule has 0 aliphatic heterocycles. The van der Waals surface area contributed by atoms with Gasteiger partial charge >= 0.3 is 0 Å². The highest BCUT2D eigenvalue weighted by molar-refractivity contribution is 9.10. The van der Waals surface area contributed by atoms with Gasteiger partial charge in [-0.3, -0.25) is 9.59 Å². The van der Waals surface area contributed by atoms with Crippen molar-refractivity contribution >= 4 is 27.5 Å². The predicted octanol–water partition coefficient (Wildman–Crippen LogP) is 5.43. The lowest BCUT2D eigenvalue weighted by Crippen LogP contribution is -2.31. The topological polar surface area (TPSA) is 34.1 Å². The normalized spacial score (nSPS) is 24.5. The molecule has 138 valence electrons. The lowest BCUT2D eigenvalue weighted by molar-refractivity contribution is 0.0893. The number of fused-ring (bicyclic) bond motifs is 2. The Morgan fingerprint density at radius 2 is 1.18 bits per heavy atom. The molecule has 1 fully saturated rings. The zero-order valence-electron chi connectivity index (χ0n) is 15.7. The number of carbonyl (C=O) groups is 2. The largest absolute Gasteiger partial charge is 0.294 e. The van der Waals surface area contributed by atoms with Crippen molar-refractivity contribution in [2.24, 2.45) is 5.92 Å². The summed E-state index contributed by atoms with van der Waals surface area (Å²) >= 11 is 3.81. The summed E-state index contributed by atoms with van der Waals surface area (Å²) in [5.74, 6) is -0.421. The Bertz CT molecular complexity index is 1080. The fraction of sp³-hybridized carbons (Fsp3) is 0.200. The summed E-state index contributed by atoms with van der Waals surface area (Å²) in [5, 5.41) is 0. The Morgan fingerprint density at radius 3 is 1.68 bits per heavy atom. The molecule has 0 N–H and O–H groups in total. The van der Waals surface area contributed by atoms with Gasteiger partial charge in [-0.2, -0.15) is 0 Å². The van der Waals surface area contributed by atoms with E-state index < -0.39 is 15.7 Å². The molecule has 0 heterocycles. The van der Waals surface area contributed by atoms with Crippen molar-refractivity contribution in [1.82, 2.24) is 0 Å². The molecule has 2 aliphatic carbocycles. The summed E-state index contributed by atoms with van der Waals surface area (Å²) in [6.45, 7) is 4.08. The van der Waals surface area contributed by atoms with Crippen LogP contribution in [0, 0.1) is 19.8 Å². The van der Waals surface area contributed by atoms with Gasteiger partial charge in [0.2, 0.25) is 0 Å². The number of hydrogen-bond donors (Lipinski definition) is 0. The molecule has 0 spiro atoms. The molecule has 3 aromatic rings. The summed E-state index contributed by atoms with van der Waals surface area (Å²) in [6, 6.07) is 23.6. The number of aryl methyl sites for hydroxylation is 2. The first-order chi connectivity index (χ1) is 13.4. The summed E-state index contributed by atoms with van der Waals surface area (Å²) in [7, 11) is 0. The van der Waals surface area contributed by atoms with Crippen LogP contribution >= 0.6 is 15.9 Å². The second-order valence-corrected chi connectivity index (χ2v) is 9.17. The van der Waals surface area contributed by atoms with Gasteiger partial charge < -0.3 is 0 Å². The Labute approximate surface area is 172 Å². The lowest BCUT2D eigenvalue weighted by atomic mass is 9.83. The number of Topliss-reactive ketones (excluding diaryl/α,β-unsaturated/α-hetero) is 2. The number of rotatable bonds is 2. The van der Waals surface area contributed by atoms with E-state index in [9.17, 15) is 9.59 Å². The quantitative estimate of drug-likeness (QED) is 0.507. The smallest absolute Gasteiger partial charge is 0.182 e. The van der Waals surface area contributed by atoms with Crippen LogP contribution in [0.15, 0.2) is 72.8 Å². The van der Waals surface area contributed by atoms with Crippen LogP contribution in [0.3, 0.4) is 0 Å². The van der Waals surface area contributed by atoms with Crippen LogP contribution in [-0.4, -0.2) is 15.9 Å². The minimum Gasteiger partial charge on any atom is -0.294 e. The molecule has 0 saturated heterocycles. The van der Waals surface area contributed by atoms with Crippen molar-refractivity contribution < 1.29 is 9.59 Å². The molecule has 5 rings (SSSR count). The Balaban J connectivity index is 1.81. The van der Waals surface area contributed by atoms with Crippen LogP contribution in [0.4, 0.5) is 0 Å². The molecule has 3 heteroatoms. The highest BCUT2D eigenvalue weighted by Gasteiger charge is 2.84. The van der Waals surface area contributed by atoms with E-state index in [1.165, 1.54) is 0 Å². The zero-order chi connectivity index (χ0) is 19.7. The van der Waals surface area contributed by atoms with Gasteiger partial charge in [0.15, 0.2) is 11.6 Å². The van der Waals surface area contributed by atoms with Gasteiger partial charge in [0, 0.05) is 11.1 Å². The van der Waals surface area contributed by atoms with Crippen molar-refractivity contribution in [2.75, 3.05) is 0 Å². The Hall–Kier alpha value is -2.52. The standard InChI is InChI=1S/C25H19BrO2/c1-15-7-11-17(12-8-15)24(18-13-9-16(2)10-14-18)22-21(27)19-5-3-4-6-20(19)23(28)25(22,24)26/h3-14,22H,1-2H3/t22-,25-/m1/s1. The summed E-state index contributed by atoms with van der Waals surface area (Å²) in [6.07, 6.45) is 0. The first-order valence-corrected chi connectivity index (χ1v) is 10.2. The molecule has 1 saturated carbocycles. The molecule has 3 aromatic carbocycles. The van der Waals surface area contributed by atoms with E-state index in [-0.39, 0.29) is 11.6 Å². The van der Waals surface area contributed by atoms with E-state index in [0.717, 1.165) is 22.3 Å². The van der Waals surface area contributed by atoms with Gasteiger partial charge in [-0.05, 0) is 25.0 Å². The average molecular weight is 431 g/mol. The highest BCUT2D eigenvalue weighted by Crippen LogP contribution is 2.74. The fourth-order valence-electron chi connectivity index (χ4n) is 4.93. The summed E-state index contributed by atoms with van der Waals surface area (Å²) < 4.78 is -0.948. The zero-order valence-corrected chi connectivity index (χ0v) is 17.3. The molecule has 2 aliphatic rings. The molecule has 2 nitrogen and oxygen atoms in total. The van der Waals surface area contributed by atoms with Gasteiger partial charge in [0.25, 0.3) is 0 Å². The molecular formula is C25H19BrO2. The molecule has 0 aromatic heterocycles. The van der Waals surface area contributed by atoms with Gasteiger partial charge in [-0.25, -0.2) is 0 Å². The number of carbonyl (C=O) groups excluding carboxylic acids is 2. The number of ketones is 2. The molecule has 28 heavy (non-hydrogen) atoms. The van der Waals surface area contributed by atoms with Gasteiger partial charge in [0.05, 0.1) is 11.3 Å². The molecule has 0 radical (unpaired) electrons. The first-order valence-electron chi connectivity index (χ1n) is 9.43. The van der Waals surface area contributed by atoms with Crippen molar-refractivity contribution in [1.29, 1.82) is 0 Å². The third-order valence-corrected chi connectivity index (χ3v) is 7.81. The van der Waals surface area contributed by atoms with Crippen LogP contribution < -0.4 is 0 Å². The van der Waals surface area contributed by atoms with Gasteiger partial charge in [0.1, 0.15) is 4.32 Å². The predicted molar refractivity (Wildman–Crippen MR) is 113 cm³/mol. The van der Waals surface area contributed by atoms with Crippen LogP contribution in [0.2, 0.25) is 0 Å². The molecule has 0 bridgehead atoms. The maximum Gasteiger partial charge on any atom is 0.182 e. The molecule has 2 atom stereocenters. The second-order valence-electron chi connectivity index (χ2n) is 7.92. The van der Waals surface area contributed by atoms with Crippen LogP contribution in [-0.2, 0) is 5.41 Å². The fourth-order valence-corrected chi connectivity index (χ4v) is 6.26. The van der Waals surface area contributed by atoms with Crippen molar-refractivity contribution in [3.63, 3.8) is 0 Å². The van der Waals surface area contributed by atoms with E-state index in [1.54, 1.807) is 12.1 Å². The van der Waals surface area contributed by atoms with Crippen LogP contribution in [0.5, 0.6) is 0 Å². The van der Waals surface area contributed by atoms with E-state index >= 15 is 0 Å². The van der Waals surface area contributed by atoms with Crippen molar-refractivity contribution in [3.8, 4) is 0 Å². The maximum absolute atomic E-state index is 13.6. The molecular weight excluding hydrogens is 412 g/mol. The van der Waals surface area contributed by atoms with E-state index in [0.29, 0.717) is 11.1 Å². The van der Waals surface area contributed by atoms with Crippen LogP contribution in [0.1, 0.15) is 43.0 Å². The Morgan fingerprint density at radius 1 is 0.714 bits per heavy atom. The van der Waals surface area contributed by atoms with Crippen molar-refractivity contribution in [2.45, 2.75) is 23.6 Å². The molecule has 0 unspecified atom stereocenters. The Kier molecular flexibility index (Phi) is 3.60. The third-order valence-electron chi connectivity index (χ3n) is 6.36. The lowest BCUT2D eigenvalue weighted by Gasteiger charge is -2.22. The summed E-state index contributed by atoms with van der Waals surface area (Å²) in [4.78, 5) is 27.1. The van der Waals surface area contributed by atoms with Crippen LogP contribution in [0.25, 0.3) is 0 Å². The van der Waals surface area contributed by atoms with E-state index in [4.69, 9.17) is 0 Å². The number of halogens is 1. The van der Waals surface area contributed by atoms with E-state index in [1.807, 2.05) is 50.2 Å². The average Bonchev–Trinajstić information content (AvgIpc) is 3.30. The van der Waals surface area contributed by atoms with Gasteiger partial charge in [-0.15, -0.1) is 0 Å². The summed E-state index contributed by atoms with van der Waals surface area (Å²) in [5.41, 5.74) is 4.64. The van der Waals surface area contributed by atoms with Gasteiger partial charge in [-0.1, -0.05) is 99.9 Å². The monoisotopic (exact) mass is 430 g/mol. The first kappa shape index (κ1) is 17.6. The number of benzene rings is 3. The maximum atomic E-state index is 13.6. The molecule has 0 amide bonds.